The number of hydrogen-bond donors (Lipinski definition) is 0. The summed E-state index contributed by atoms with van der Waals surface area (Å²) in [4.78, 5) is 0. The monoisotopic (exact) mass is 228 g/mol. The molecule has 1 aromatic rings. The maximum atomic E-state index is 4.37. The molecule has 0 atom stereocenters. The molecular weight excluding hydrogens is 216 g/mol. The first kappa shape index (κ1) is 9.52. The van der Waals surface area contributed by atoms with E-state index in [4.69, 9.17) is 0 Å². The number of rotatable bonds is 2. The van der Waals surface area contributed by atoms with Crippen LogP contribution in [-0.4, -0.2) is 9.78 Å². The van der Waals surface area contributed by atoms with Crippen LogP contribution in [0.2, 0.25) is 0 Å². The minimum absolute atomic E-state index is 0.856. The second kappa shape index (κ2) is 3.90. The highest BCUT2D eigenvalue weighted by atomic mass is 79.9. The fraction of sp³-hybridized carbons (Fsp3) is 0.444. The van der Waals surface area contributed by atoms with Crippen molar-refractivity contribution in [2.75, 3.05) is 0 Å². The summed E-state index contributed by atoms with van der Waals surface area (Å²) >= 11 is 3.48. The van der Waals surface area contributed by atoms with Gasteiger partial charge in [-0.15, -0.1) is 0 Å². The van der Waals surface area contributed by atoms with E-state index in [0.717, 1.165) is 16.7 Å². The van der Waals surface area contributed by atoms with Gasteiger partial charge in [-0.25, -0.2) is 0 Å². The highest BCUT2D eigenvalue weighted by molar-refractivity contribution is 9.10. The minimum Gasteiger partial charge on any atom is -0.265 e. The van der Waals surface area contributed by atoms with Gasteiger partial charge in [-0.3, -0.25) is 4.68 Å². The zero-order valence-electron chi connectivity index (χ0n) is 7.63. The molecule has 1 rings (SSSR count). The van der Waals surface area contributed by atoms with Gasteiger partial charge in [0, 0.05) is 0 Å². The van der Waals surface area contributed by atoms with Crippen LogP contribution in [0.4, 0.5) is 0 Å². The van der Waals surface area contributed by atoms with Crippen molar-refractivity contribution in [3.8, 4) is 0 Å². The highest BCUT2D eigenvalue weighted by Gasteiger charge is 2.06. The van der Waals surface area contributed by atoms with Crippen LogP contribution in [0.3, 0.4) is 0 Å². The van der Waals surface area contributed by atoms with Crippen molar-refractivity contribution in [3.63, 3.8) is 0 Å². The maximum absolute atomic E-state index is 4.37. The summed E-state index contributed by atoms with van der Waals surface area (Å²) in [7, 11) is 0. The van der Waals surface area contributed by atoms with E-state index in [9.17, 15) is 0 Å². The molecule has 0 amide bonds. The summed E-state index contributed by atoms with van der Waals surface area (Å²) in [5.41, 5.74) is 2.24. The molecule has 0 unspecified atom stereocenters. The Morgan fingerprint density at radius 1 is 1.50 bits per heavy atom. The van der Waals surface area contributed by atoms with E-state index in [-0.39, 0.29) is 0 Å². The molecule has 1 aromatic heterocycles. The van der Waals surface area contributed by atoms with Gasteiger partial charge in [-0.2, -0.15) is 5.10 Å². The molecule has 0 aromatic carbocycles. The molecule has 0 aliphatic heterocycles. The molecular formula is C9H13BrN2. The predicted octanol–water partition coefficient (Wildman–Crippen LogP) is 2.84. The van der Waals surface area contributed by atoms with Gasteiger partial charge < -0.3 is 0 Å². The van der Waals surface area contributed by atoms with E-state index in [1.54, 1.807) is 0 Å². The Balaban J connectivity index is 2.93. The molecule has 0 fully saturated rings. The quantitative estimate of drug-likeness (QED) is 0.713. The Labute approximate surface area is 81.4 Å². The lowest BCUT2D eigenvalue weighted by molar-refractivity contribution is 0.671. The van der Waals surface area contributed by atoms with Crippen LogP contribution in [0.25, 0.3) is 0 Å². The molecule has 1 heterocycles. The zero-order chi connectivity index (χ0) is 9.14. The summed E-state index contributed by atoms with van der Waals surface area (Å²) in [5, 5.41) is 4.37. The lowest BCUT2D eigenvalue weighted by Gasteiger charge is -1.98. The third-order valence-corrected chi connectivity index (χ3v) is 2.95. The summed E-state index contributed by atoms with van der Waals surface area (Å²) in [6, 6.07) is 0. The maximum Gasteiger partial charge on any atom is 0.0738 e. The van der Waals surface area contributed by atoms with Gasteiger partial charge >= 0.3 is 0 Å². The fourth-order valence-corrected chi connectivity index (χ4v) is 1.34. The average Bonchev–Trinajstić information content (AvgIpc) is 2.30. The smallest absolute Gasteiger partial charge is 0.0738 e. The summed E-state index contributed by atoms with van der Waals surface area (Å²) in [6.45, 7) is 6.94. The van der Waals surface area contributed by atoms with Gasteiger partial charge in [-0.05, 0) is 36.7 Å². The van der Waals surface area contributed by atoms with Gasteiger partial charge in [-0.1, -0.05) is 12.2 Å². The van der Waals surface area contributed by atoms with Crippen molar-refractivity contribution < 1.29 is 0 Å². The van der Waals surface area contributed by atoms with Crippen molar-refractivity contribution in [1.82, 2.24) is 9.78 Å². The lowest BCUT2D eigenvalue weighted by atomic mass is 10.4. The largest absolute Gasteiger partial charge is 0.265 e. The molecule has 2 nitrogen and oxygen atoms in total. The van der Waals surface area contributed by atoms with Gasteiger partial charge in [0.2, 0.25) is 0 Å². The molecule has 0 saturated heterocycles. The van der Waals surface area contributed by atoms with Crippen molar-refractivity contribution in [3.05, 3.63) is 28.0 Å². The van der Waals surface area contributed by atoms with Crippen LogP contribution in [0.1, 0.15) is 18.3 Å². The Morgan fingerprint density at radius 2 is 2.17 bits per heavy atom. The number of hydrogen-bond acceptors (Lipinski definition) is 1. The molecule has 0 aliphatic carbocycles. The Bertz CT molecular complexity index is 300. The normalized spacial score (nSPS) is 11.3. The number of nitrogens with zero attached hydrogens (tertiary/aromatic N) is 2. The van der Waals surface area contributed by atoms with Crippen molar-refractivity contribution in [2.45, 2.75) is 27.3 Å². The lowest BCUT2D eigenvalue weighted by Crippen LogP contribution is -1.99. The van der Waals surface area contributed by atoms with Crippen molar-refractivity contribution in [2.24, 2.45) is 0 Å². The first-order valence-corrected chi connectivity index (χ1v) is 4.76. The third-order valence-electron chi connectivity index (χ3n) is 1.81. The Kier molecular flexibility index (Phi) is 3.09. The Hall–Kier alpha value is -0.570. The number of aryl methyl sites for hydroxylation is 1. The van der Waals surface area contributed by atoms with Crippen molar-refractivity contribution >= 4 is 15.9 Å². The number of halogens is 1. The molecule has 66 valence electrons. The van der Waals surface area contributed by atoms with Crippen LogP contribution in [0, 0.1) is 13.8 Å². The molecule has 0 radical (unpaired) electrons. The molecule has 12 heavy (non-hydrogen) atoms. The van der Waals surface area contributed by atoms with E-state index >= 15 is 0 Å². The number of aromatic nitrogens is 2. The standard InChI is InChI=1S/C9H13BrN2/c1-4-5-6-12-8(3)9(10)7(2)11-12/h4-5H,6H2,1-3H3. The third kappa shape index (κ3) is 1.78. The first-order valence-electron chi connectivity index (χ1n) is 3.97. The molecule has 0 aliphatic rings. The molecule has 0 saturated carbocycles. The minimum atomic E-state index is 0.856. The SMILES string of the molecule is CC=CCn1nc(C)c(Br)c1C. The van der Waals surface area contributed by atoms with Crippen LogP contribution < -0.4 is 0 Å². The van der Waals surface area contributed by atoms with E-state index in [1.807, 2.05) is 24.6 Å². The van der Waals surface area contributed by atoms with Crippen LogP contribution >= 0.6 is 15.9 Å². The van der Waals surface area contributed by atoms with Crippen LogP contribution in [0.5, 0.6) is 0 Å². The zero-order valence-corrected chi connectivity index (χ0v) is 9.22. The second-order valence-corrected chi connectivity index (χ2v) is 3.53. The van der Waals surface area contributed by atoms with Gasteiger partial charge in [0.1, 0.15) is 0 Å². The van der Waals surface area contributed by atoms with E-state index in [0.29, 0.717) is 0 Å². The molecule has 0 N–H and O–H groups in total. The number of allylic oxidation sites excluding steroid dienone is 2. The van der Waals surface area contributed by atoms with E-state index in [2.05, 4.69) is 34.0 Å². The Morgan fingerprint density at radius 3 is 2.58 bits per heavy atom. The molecule has 0 bridgehead atoms. The second-order valence-electron chi connectivity index (χ2n) is 2.74. The van der Waals surface area contributed by atoms with Crippen LogP contribution in [-0.2, 0) is 6.54 Å². The van der Waals surface area contributed by atoms with Gasteiger partial charge in [0.25, 0.3) is 0 Å². The average molecular weight is 229 g/mol. The first-order chi connectivity index (χ1) is 5.66. The predicted molar refractivity (Wildman–Crippen MR) is 54.2 cm³/mol. The van der Waals surface area contributed by atoms with E-state index in [1.165, 1.54) is 5.69 Å². The topological polar surface area (TPSA) is 17.8 Å². The molecule has 3 heteroatoms. The fourth-order valence-electron chi connectivity index (χ4n) is 1.06. The van der Waals surface area contributed by atoms with Gasteiger partial charge in [0.15, 0.2) is 0 Å². The highest BCUT2D eigenvalue weighted by Crippen LogP contribution is 2.19. The van der Waals surface area contributed by atoms with Gasteiger partial charge in [0.05, 0.1) is 22.4 Å². The summed E-state index contributed by atoms with van der Waals surface area (Å²) in [5.74, 6) is 0. The molecule has 0 spiro atoms. The van der Waals surface area contributed by atoms with Crippen LogP contribution in [0.15, 0.2) is 16.6 Å². The van der Waals surface area contributed by atoms with E-state index < -0.39 is 0 Å². The van der Waals surface area contributed by atoms with Crippen molar-refractivity contribution in [1.29, 1.82) is 0 Å². The summed E-state index contributed by atoms with van der Waals surface area (Å²) < 4.78 is 3.10. The summed E-state index contributed by atoms with van der Waals surface area (Å²) in [6.07, 6.45) is 4.12.